The Balaban J connectivity index is 0. The number of hydrogen-bond donors (Lipinski definition) is 2. The van der Waals surface area contributed by atoms with Gasteiger partial charge in [0.1, 0.15) is 12.4 Å². The first-order valence-electron chi connectivity index (χ1n) is 9.21. The van der Waals surface area contributed by atoms with Gasteiger partial charge in [0.05, 0.1) is 25.5 Å². The van der Waals surface area contributed by atoms with Gasteiger partial charge < -0.3 is 20.8 Å². The minimum atomic E-state index is -0.636. The summed E-state index contributed by atoms with van der Waals surface area (Å²) in [5, 5.41) is 2.39. The van der Waals surface area contributed by atoms with E-state index < -0.39 is 6.09 Å². The van der Waals surface area contributed by atoms with Crippen LogP contribution in [-0.2, 0) is 16.1 Å². The Hall–Kier alpha value is -2.25. The lowest BCUT2D eigenvalue weighted by Crippen LogP contribution is -2.44. The maximum absolute atomic E-state index is 12.3. The molecular weight excluding hydrogens is 334 g/mol. The van der Waals surface area contributed by atoms with Crippen molar-refractivity contribution in [1.29, 1.82) is 0 Å². The van der Waals surface area contributed by atoms with E-state index in [0.29, 0.717) is 12.4 Å². The summed E-state index contributed by atoms with van der Waals surface area (Å²) in [7, 11) is 1.25. The highest BCUT2D eigenvalue weighted by Gasteiger charge is 2.21. The van der Waals surface area contributed by atoms with Gasteiger partial charge in [-0.25, -0.2) is 14.5 Å². The van der Waals surface area contributed by atoms with Crippen molar-refractivity contribution >= 4 is 12.0 Å². The number of nitrogens with two attached hydrogens (primary N) is 1. The van der Waals surface area contributed by atoms with Crippen molar-refractivity contribution in [2.24, 2.45) is 0 Å². The third-order valence-corrected chi connectivity index (χ3v) is 3.38. The van der Waals surface area contributed by atoms with Crippen LogP contribution in [0.4, 0.5) is 4.79 Å². The molecule has 0 aromatic carbocycles. The van der Waals surface area contributed by atoms with Crippen LogP contribution < -0.4 is 11.2 Å². The zero-order valence-electron chi connectivity index (χ0n) is 17.6. The predicted molar refractivity (Wildman–Crippen MR) is 105 cm³/mol. The Morgan fingerprint density at radius 3 is 2.27 bits per heavy atom. The summed E-state index contributed by atoms with van der Waals surface area (Å²) >= 11 is 0. The molecule has 1 aromatic heterocycles. The Kier molecular flexibility index (Phi) is 15.0. The van der Waals surface area contributed by atoms with Crippen LogP contribution in [0.5, 0.6) is 0 Å². The molecule has 1 rings (SSSR count). The Bertz CT molecular complexity index is 517. The van der Waals surface area contributed by atoms with Crippen LogP contribution in [0.1, 0.15) is 65.9 Å². The molecule has 0 saturated carbocycles. The SMILES string of the molecule is CC.CCC.CC[C@H](C)N(Cc1ncc(C)n1N)C(=O)CNC(=O)OC. The molecule has 8 nitrogen and oxygen atoms in total. The number of rotatable bonds is 6. The highest BCUT2D eigenvalue weighted by atomic mass is 16.5. The largest absolute Gasteiger partial charge is 0.453 e. The van der Waals surface area contributed by atoms with Gasteiger partial charge in [-0.15, -0.1) is 0 Å². The lowest BCUT2D eigenvalue weighted by Gasteiger charge is -2.28. The van der Waals surface area contributed by atoms with E-state index in [1.165, 1.54) is 18.2 Å². The molecule has 0 fully saturated rings. The molecule has 2 amide bonds. The van der Waals surface area contributed by atoms with Crippen LogP contribution in [0.3, 0.4) is 0 Å². The minimum absolute atomic E-state index is 0.00829. The summed E-state index contributed by atoms with van der Waals surface area (Å²) in [6, 6.07) is 0.00829. The van der Waals surface area contributed by atoms with Crippen molar-refractivity contribution < 1.29 is 14.3 Å². The lowest BCUT2D eigenvalue weighted by molar-refractivity contribution is -0.133. The number of methoxy groups -OCH3 is 1. The molecule has 0 radical (unpaired) electrons. The van der Waals surface area contributed by atoms with E-state index in [2.05, 4.69) is 28.9 Å². The number of nitrogens with zero attached hydrogens (tertiary/aromatic N) is 3. The van der Waals surface area contributed by atoms with Gasteiger partial charge in [-0.1, -0.05) is 41.0 Å². The number of alkyl carbamates (subject to hydrolysis) is 1. The molecule has 0 spiro atoms. The third kappa shape index (κ3) is 9.29. The maximum Gasteiger partial charge on any atom is 0.407 e. The molecule has 3 N–H and O–H groups in total. The highest BCUT2D eigenvalue weighted by molar-refractivity contribution is 5.82. The molecule has 8 heteroatoms. The zero-order valence-corrected chi connectivity index (χ0v) is 17.6. The minimum Gasteiger partial charge on any atom is -0.453 e. The van der Waals surface area contributed by atoms with Crippen LogP contribution in [-0.4, -0.2) is 46.3 Å². The fourth-order valence-electron chi connectivity index (χ4n) is 1.80. The van der Waals surface area contributed by atoms with Crippen LogP contribution in [0.15, 0.2) is 6.20 Å². The number of carbonyl (C=O) groups excluding carboxylic acids is 2. The standard InChI is InChI=1S/C13H23N5O3.C3H8.C2H6/c1-5-9(2)17(12(19)7-16-13(20)21-4)8-11-15-6-10(3)18(11)14;1-3-2;1-2/h6,9H,5,7-8,14H2,1-4H3,(H,16,20);3H2,1-2H3;1-2H3/t9-;;/m0../s1. The first kappa shape index (κ1) is 26.0. The first-order chi connectivity index (χ1) is 12.3. The van der Waals surface area contributed by atoms with E-state index in [4.69, 9.17) is 5.84 Å². The normalized spacial score (nSPS) is 10.5. The zero-order chi connectivity index (χ0) is 20.7. The van der Waals surface area contributed by atoms with Crippen LogP contribution in [0.25, 0.3) is 0 Å². The van der Waals surface area contributed by atoms with Crippen LogP contribution in [0.2, 0.25) is 0 Å². The summed E-state index contributed by atoms with van der Waals surface area (Å²) in [6.45, 7) is 14.2. The molecule has 1 heterocycles. The van der Waals surface area contributed by atoms with Crippen molar-refractivity contribution in [3.63, 3.8) is 0 Å². The fraction of sp³-hybridized carbons (Fsp3) is 0.722. The number of hydrogen-bond acceptors (Lipinski definition) is 5. The summed E-state index contributed by atoms with van der Waals surface area (Å²) in [5.74, 6) is 6.25. The summed E-state index contributed by atoms with van der Waals surface area (Å²) in [4.78, 5) is 29.2. The first-order valence-corrected chi connectivity index (χ1v) is 9.21. The second-order valence-electron chi connectivity index (χ2n) is 5.52. The van der Waals surface area contributed by atoms with E-state index in [1.54, 1.807) is 11.1 Å². The molecule has 1 aromatic rings. The number of nitrogen functional groups attached to an aromatic ring is 1. The van der Waals surface area contributed by atoms with Gasteiger partial charge in [-0.3, -0.25) is 4.79 Å². The summed E-state index contributed by atoms with van der Waals surface area (Å²) in [5.41, 5.74) is 0.814. The number of carbonyl (C=O) groups is 2. The number of ether oxygens (including phenoxy) is 1. The van der Waals surface area contributed by atoms with Gasteiger partial charge in [0, 0.05) is 6.04 Å². The smallest absolute Gasteiger partial charge is 0.407 e. The van der Waals surface area contributed by atoms with Gasteiger partial charge in [0.25, 0.3) is 0 Å². The third-order valence-electron chi connectivity index (χ3n) is 3.38. The van der Waals surface area contributed by atoms with E-state index in [-0.39, 0.29) is 18.5 Å². The van der Waals surface area contributed by atoms with Crippen LogP contribution in [0, 0.1) is 6.92 Å². The van der Waals surface area contributed by atoms with Crippen molar-refractivity contribution in [3.05, 3.63) is 17.7 Å². The van der Waals surface area contributed by atoms with Crippen molar-refractivity contribution in [1.82, 2.24) is 19.9 Å². The van der Waals surface area contributed by atoms with Gasteiger partial charge in [-0.05, 0) is 20.3 Å². The number of imidazole rings is 1. The van der Waals surface area contributed by atoms with Gasteiger partial charge >= 0.3 is 6.09 Å². The molecule has 0 aliphatic rings. The Morgan fingerprint density at radius 1 is 1.35 bits per heavy atom. The van der Waals surface area contributed by atoms with E-state index in [0.717, 1.165) is 12.1 Å². The number of aryl methyl sites for hydroxylation is 1. The topological polar surface area (TPSA) is 102 Å². The predicted octanol–water partition coefficient (Wildman–Crippen LogP) is 2.83. The fourth-order valence-corrected chi connectivity index (χ4v) is 1.80. The Morgan fingerprint density at radius 2 is 1.88 bits per heavy atom. The van der Waals surface area contributed by atoms with Crippen molar-refractivity contribution in [2.75, 3.05) is 19.5 Å². The van der Waals surface area contributed by atoms with E-state index in [1.807, 2.05) is 34.6 Å². The number of nitrogens with one attached hydrogen (secondary N) is 1. The monoisotopic (exact) mass is 371 g/mol. The average molecular weight is 372 g/mol. The second-order valence-corrected chi connectivity index (χ2v) is 5.52. The summed E-state index contributed by atoms with van der Waals surface area (Å²) < 4.78 is 5.91. The molecule has 0 bridgehead atoms. The number of aromatic nitrogens is 2. The molecule has 26 heavy (non-hydrogen) atoms. The molecule has 1 atom stereocenters. The Labute approximate surface area is 158 Å². The lowest BCUT2D eigenvalue weighted by atomic mass is 10.2. The highest BCUT2D eigenvalue weighted by Crippen LogP contribution is 2.10. The van der Waals surface area contributed by atoms with Gasteiger partial charge in [-0.2, -0.15) is 0 Å². The quantitative estimate of drug-likeness (QED) is 0.749. The molecule has 0 aliphatic carbocycles. The molecule has 0 saturated heterocycles. The van der Waals surface area contributed by atoms with Crippen molar-refractivity contribution in [2.45, 2.75) is 73.9 Å². The number of amides is 2. The van der Waals surface area contributed by atoms with Gasteiger partial charge in [0.2, 0.25) is 5.91 Å². The molecule has 0 aliphatic heterocycles. The second kappa shape index (κ2) is 15.0. The van der Waals surface area contributed by atoms with Gasteiger partial charge in [0.15, 0.2) is 0 Å². The molecule has 152 valence electrons. The maximum atomic E-state index is 12.3. The van der Waals surface area contributed by atoms with E-state index in [9.17, 15) is 9.59 Å². The molecular formula is C18H37N5O3. The summed E-state index contributed by atoms with van der Waals surface area (Å²) in [6.07, 6.45) is 3.05. The molecule has 0 unspecified atom stereocenters. The van der Waals surface area contributed by atoms with E-state index >= 15 is 0 Å². The van der Waals surface area contributed by atoms with Crippen molar-refractivity contribution in [3.8, 4) is 0 Å². The van der Waals surface area contributed by atoms with Crippen LogP contribution >= 0.6 is 0 Å². The average Bonchev–Trinajstić information content (AvgIpc) is 2.97.